The van der Waals surface area contributed by atoms with Crippen molar-refractivity contribution in [3.63, 3.8) is 0 Å². The van der Waals surface area contributed by atoms with E-state index in [-0.39, 0.29) is 12.6 Å². The van der Waals surface area contributed by atoms with Crippen LogP contribution in [0, 0.1) is 0 Å². The van der Waals surface area contributed by atoms with Crippen LogP contribution in [0.25, 0.3) is 0 Å². The van der Waals surface area contributed by atoms with Crippen LogP contribution in [-0.4, -0.2) is 51.7 Å². The SMILES string of the molecule is C=C(C)C(=O)OCCOC.COCCO. The standard InChI is InChI=1S/C7H12O3.C3H8O2/c1-6(2)7(8)10-5-4-9-3;1-5-3-2-4/h1,4-5H2,2-3H3;4H,2-3H2,1H3. The van der Waals surface area contributed by atoms with Crippen LogP contribution in [-0.2, 0) is 19.0 Å². The van der Waals surface area contributed by atoms with Gasteiger partial charge in [0.2, 0.25) is 0 Å². The smallest absolute Gasteiger partial charge is 0.333 e. The zero-order valence-corrected chi connectivity index (χ0v) is 9.62. The van der Waals surface area contributed by atoms with Crippen LogP contribution >= 0.6 is 0 Å². The first-order chi connectivity index (χ1) is 7.09. The van der Waals surface area contributed by atoms with Crippen molar-refractivity contribution >= 4 is 5.97 Å². The second kappa shape index (κ2) is 13.1. The Hall–Kier alpha value is -0.910. The zero-order chi connectivity index (χ0) is 12.1. The summed E-state index contributed by atoms with van der Waals surface area (Å²) in [6.45, 7) is 6.31. The van der Waals surface area contributed by atoms with E-state index in [0.717, 1.165) is 0 Å². The van der Waals surface area contributed by atoms with E-state index in [1.807, 2.05) is 0 Å². The summed E-state index contributed by atoms with van der Waals surface area (Å²) in [5.41, 5.74) is 0.413. The number of hydrogen-bond donors (Lipinski definition) is 1. The van der Waals surface area contributed by atoms with Crippen molar-refractivity contribution in [1.82, 2.24) is 0 Å². The lowest BCUT2D eigenvalue weighted by atomic mass is 10.4. The highest BCUT2D eigenvalue weighted by Gasteiger charge is 2.00. The van der Waals surface area contributed by atoms with Crippen LogP contribution in [0.2, 0.25) is 0 Å². The monoisotopic (exact) mass is 220 g/mol. The fourth-order valence-electron chi connectivity index (χ4n) is 0.432. The molecule has 0 atom stereocenters. The molecular formula is C10H20O5. The molecule has 0 aliphatic carbocycles. The van der Waals surface area contributed by atoms with Gasteiger partial charge in [0.05, 0.1) is 19.8 Å². The lowest BCUT2D eigenvalue weighted by Crippen LogP contribution is -2.09. The van der Waals surface area contributed by atoms with Gasteiger partial charge >= 0.3 is 5.97 Å². The molecule has 5 heteroatoms. The predicted molar refractivity (Wildman–Crippen MR) is 56.6 cm³/mol. The van der Waals surface area contributed by atoms with E-state index in [1.165, 1.54) is 0 Å². The molecule has 0 aliphatic rings. The summed E-state index contributed by atoms with van der Waals surface area (Å²) in [5.74, 6) is -0.364. The highest BCUT2D eigenvalue weighted by atomic mass is 16.6. The lowest BCUT2D eigenvalue weighted by molar-refractivity contribution is -0.140. The first kappa shape index (κ1) is 16.5. The van der Waals surface area contributed by atoms with Gasteiger partial charge in [0, 0.05) is 19.8 Å². The van der Waals surface area contributed by atoms with Gasteiger partial charge in [0.1, 0.15) is 6.61 Å². The summed E-state index contributed by atoms with van der Waals surface area (Å²) in [7, 11) is 3.10. The van der Waals surface area contributed by atoms with Crippen LogP contribution < -0.4 is 0 Å². The molecule has 0 rings (SSSR count). The molecule has 0 aromatic carbocycles. The number of carbonyl (C=O) groups excluding carboxylic acids is 1. The van der Waals surface area contributed by atoms with E-state index in [4.69, 9.17) is 5.11 Å². The molecule has 0 spiro atoms. The second-order valence-corrected chi connectivity index (χ2v) is 2.63. The Labute approximate surface area is 90.6 Å². The van der Waals surface area contributed by atoms with Crippen LogP contribution in [0.15, 0.2) is 12.2 Å². The Morgan fingerprint density at radius 2 is 1.73 bits per heavy atom. The van der Waals surface area contributed by atoms with Gasteiger partial charge in [-0.3, -0.25) is 0 Å². The number of ether oxygens (including phenoxy) is 3. The van der Waals surface area contributed by atoms with Gasteiger partial charge < -0.3 is 19.3 Å². The number of esters is 1. The van der Waals surface area contributed by atoms with Crippen LogP contribution in [0.4, 0.5) is 0 Å². The van der Waals surface area contributed by atoms with Crippen LogP contribution in [0.5, 0.6) is 0 Å². The molecule has 0 aromatic heterocycles. The minimum absolute atomic E-state index is 0.122. The molecule has 0 saturated heterocycles. The number of aliphatic hydroxyl groups excluding tert-OH is 1. The number of carbonyl (C=O) groups is 1. The fourth-order valence-corrected chi connectivity index (χ4v) is 0.432. The van der Waals surface area contributed by atoms with E-state index in [9.17, 15) is 4.79 Å². The predicted octanol–water partition coefficient (Wildman–Crippen LogP) is 0.377. The normalized spacial score (nSPS) is 8.80. The maximum atomic E-state index is 10.6. The van der Waals surface area contributed by atoms with Gasteiger partial charge in [-0.25, -0.2) is 4.79 Å². The Kier molecular flexibility index (Phi) is 14.4. The topological polar surface area (TPSA) is 65.0 Å². The number of hydrogen-bond acceptors (Lipinski definition) is 5. The molecule has 0 radical (unpaired) electrons. The minimum Gasteiger partial charge on any atom is -0.460 e. The van der Waals surface area contributed by atoms with Crippen molar-refractivity contribution in [2.75, 3.05) is 40.6 Å². The van der Waals surface area contributed by atoms with Gasteiger partial charge in [-0.2, -0.15) is 0 Å². The number of rotatable bonds is 6. The average Bonchev–Trinajstić information content (AvgIpc) is 2.20. The third-order valence-corrected chi connectivity index (χ3v) is 1.16. The molecule has 0 saturated carbocycles. The molecular weight excluding hydrogens is 200 g/mol. The number of methoxy groups -OCH3 is 2. The van der Waals surface area contributed by atoms with Crippen LogP contribution in [0.1, 0.15) is 6.92 Å². The Bertz CT molecular complexity index is 165. The molecule has 0 unspecified atom stereocenters. The van der Waals surface area contributed by atoms with Gasteiger partial charge in [-0.1, -0.05) is 6.58 Å². The molecule has 0 aromatic rings. The van der Waals surface area contributed by atoms with E-state index in [2.05, 4.69) is 20.8 Å². The summed E-state index contributed by atoms with van der Waals surface area (Å²) >= 11 is 0. The van der Waals surface area contributed by atoms with Crippen LogP contribution in [0.3, 0.4) is 0 Å². The number of aliphatic hydroxyl groups is 1. The van der Waals surface area contributed by atoms with E-state index >= 15 is 0 Å². The first-order valence-electron chi connectivity index (χ1n) is 4.51. The van der Waals surface area contributed by atoms with E-state index in [0.29, 0.717) is 25.4 Å². The van der Waals surface area contributed by atoms with Crippen molar-refractivity contribution in [2.24, 2.45) is 0 Å². The van der Waals surface area contributed by atoms with Crippen molar-refractivity contribution in [3.05, 3.63) is 12.2 Å². The Balaban J connectivity index is 0. The minimum atomic E-state index is -0.364. The highest BCUT2D eigenvalue weighted by molar-refractivity contribution is 5.86. The van der Waals surface area contributed by atoms with Crippen molar-refractivity contribution < 1.29 is 24.1 Å². The van der Waals surface area contributed by atoms with Gasteiger partial charge in [0.25, 0.3) is 0 Å². The summed E-state index contributed by atoms with van der Waals surface area (Å²) in [5, 5.41) is 7.94. The largest absolute Gasteiger partial charge is 0.460 e. The van der Waals surface area contributed by atoms with Gasteiger partial charge in [0.15, 0.2) is 0 Å². The summed E-state index contributed by atoms with van der Waals surface area (Å²) in [6.07, 6.45) is 0. The molecule has 0 aliphatic heterocycles. The van der Waals surface area contributed by atoms with Gasteiger partial charge in [-0.05, 0) is 6.92 Å². The maximum absolute atomic E-state index is 10.6. The molecule has 1 N–H and O–H groups in total. The summed E-state index contributed by atoms with van der Waals surface area (Å²) < 4.78 is 13.8. The van der Waals surface area contributed by atoms with Gasteiger partial charge in [-0.15, -0.1) is 0 Å². The van der Waals surface area contributed by atoms with E-state index < -0.39 is 0 Å². The quantitative estimate of drug-likeness (QED) is 0.398. The molecule has 0 heterocycles. The molecule has 0 amide bonds. The van der Waals surface area contributed by atoms with E-state index in [1.54, 1.807) is 21.1 Å². The maximum Gasteiger partial charge on any atom is 0.333 e. The molecule has 90 valence electrons. The third-order valence-electron chi connectivity index (χ3n) is 1.16. The molecule has 5 nitrogen and oxygen atoms in total. The zero-order valence-electron chi connectivity index (χ0n) is 9.62. The molecule has 15 heavy (non-hydrogen) atoms. The second-order valence-electron chi connectivity index (χ2n) is 2.63. The van der Waals surface area contributed by atoms with Crippen molar-refractivity contribution in [3.8, 4) is 0 Å². The lowest BCUT2D eigenvalue weighted by Gasteiger charge is -2.01. The Morgan fingerprint density at radius 3 is 2.00 bits per heavy atom. The highest BCUT2D eigenvalue weighted by Crippen LogP contribution is 1.90. The van der Waals surface area contributed by atoms with Crippen molar-refractivity contribution in [2.45, 2.75) is 6.92 Å². The average molecular weight is 220 g/mol. The van der Waals surface area contributed by atoms with Crippen molar-refractivity contribution in [1.29, 1.82) is 0 Å². The Morgan fingerprint density at radius 1 is 1.20 bits per heavy atom. The molecule has 0 fully saturated rings. The molecule has 0 bridgehead atoms. The summed E-state index contributed by atoms with van der Waals surface area (Å²) in [4.78, 5) is 10.6. The first-order valence-corrected chi connectivity index (χ1v) is 4.51. The summed E-state index contributed by atoms with van der Waals surface area (Å²) in [6, 6.07) is 0. The third kappa shape index (κ3) is 15.8. The fraction of sp³-hybridized carbons (Fsp3) is 0.700.